The normalized spacial score (nSPS) is 12.0. The molecule has 1 heterocycles. The van der Waals surface area contributed by atoms with E-state index in [2.05, 4.69) is 5.16 Å². The van der Waals surface area contributed by atoms with Crippen LogP contribution in [0.4, 0.5) is 5.69 Å². The molecule has 4 aromatic rings. The van der Waals surface area contributed by atoms with Crippen molar-refractivity contribution in [1.82, 2.24) is 5.16 Å². The molecular weight excluding hydrogens is 384 g/mol. The number of aromatic hydroxyl groups is 1. The van der Waals surface area contributed by atoms with Gasteiger partial charge in [0.15, 0.2) is 11.4 Å². The van der Waals surface area contributed by atoms with Crippen LogP contribution in [-0.4, -0.2) is 15.5 Å². The van der Waals surface area contributed by atoms with Crippen LogP contribution in [-0.2, 0) is 6.61 Å². The molecule has 7 nitrogen and oxygen atoms in total. The van der Waals surface area contributed by atoms with E-state index in [0.717, 1.165) is 22.4 Å². The van der Waals surface area contributed by atoms with Crippen molar-refractivity contribution in [2.45, 2.75) is 13.5 Å². The third-order valence-corrected chi connectivity index (χ3v) is 4.75. The van der Waals surface area contributed by atoms with Gasteiger partial charge in [0, 0.05) is 18.2 Å². The average molecular weight is 404 g/mol. The van der Waals surface area contributed by atoms with E-state index in [1.165, 1.54) is 18.2 Å². The molecular formula is C23H20N2O5. The van der Waals surface area contributed by atoms with Crippen LogP contribution in [0.3, 0.4) is 0 Å². The van der Waals surface area contributed by atoms with Crippen molar-refractivity contribution in [3.8, 4) is 33.9 Å². The maximum atomic E-state index is 10.9. The number of nitrogens with one attached hydrogen (secondary N) is 1. The summed E-state index contributed by atoms with van der Waals surface area (Å²) < 4.78 is 11.2. The number of hydrogen-bond donors (Lipinski definition) is 3. The molecule has 1 aromatic heterocycles. The highest BCUT2D eigenvalue weighted by Crippen LogP contribution is 2.40. The summed E-state index contributed by atoms with van der Waals surface area (Å²) in [6.45, 7) is 2.11. The smallest absolute Gasteiger partial charge is 0.178 e. The van der Waals surface area contributed by atoms with Crippen molar-refractivity contribution in [2.75, 3.05) is 0 Å². The molecule has 0 aliphatic rings. The van der Waals surface area contributed by atoms with Crippen molar-refractivity contribution < 1.29 is 24.8 Å². The van der Waals surface area contributed by atoms with Crippen molar-refractivity contribution in [3.63, 3.8) is 0 Å². The van der Waals surface area contributed by atoms with Crippen LogP contribution < -0.4 is 9.96 Å². The molecule has 3 aromatic carbocycles. The van der Waals surface area contributed by atoms with E-state index in [0.29, 0.717) is 17.1 Å². The Hall–Kier alpha value is -3.65. The van der Waals surface area contributed by atoms with Gasteiger partial charge in [0.05, 0.1) is 16.8 Å². The van der Waals surface area contributed by atoms with Gasteiger partial charge >= 0.3 is 0 Å². The molecule has 152 valence electrons. The van der Waals surface area contributed by atoms with Gasteiger partial charge in [0.1, 0.15) is 18.1 Å². The molecule has 0 bridgehead atoms. The fourth-order valence-corrected chi connectivity index (χ4v) is 3.20. The predicted molar refractivity (Wildman–Crippen MR) is 110 cm³/mol. The van der Waals surface area contributed by atoms with E-state index >= 15 is 0 Å². The Kier molecular flexibility index (Phi) is 5.49. The van der Waals surface area contributed by atoms with E-state index < -0.39 is 5.23 Å². The van der Waals surface area contributed by atoms with Gasteiger partial charge in [-0.2, -0.15) is 5.23 Å². The molecule has 0 saturated carbocycles. The molecule has 0 fully saturated rings. The van der Waals surface area contributed by atoms with Gasteiger partial charge in [-0.25, -0.2) is 5.21 Å². The standard InChI is InChI=1S/C23H20N2O5/c1-15-22(17-5-3-2-4-6-17)23(30-24-15)20-12-11-19(13-21(20)26)29-14-16-7-9-18(10-8-16)25(27)28/h2-13,25-27H,14H2,1H3. The van der Waals surface area contributed by atoms with Crippen LogP contribution in [0, 0.1) is 12.1 Å². The first-order chi connectivity index (χ1) is 14.5. The first-order valence-electron chi connectivity index (χ1n) is 9.33. The second-order valence-corrected chi connectivity index (χ2v) is 6.81. The number of phenols is 1. The molecule has 0 saturated heterocycles. The minimum absolute atomic E-state index is 0.0158. The Bertz CT molecular complexity index is 1140. The summed E-state index contributed by atoms with van der Waals surface area (Å²) in [5.74, 6) is 0.991. The van der Waals surface area contributed by atoms with Gasteiger partial charge in [0.2, 0.25) is 0 Å². The lowest BCUT2D eigenvalue weighted by molar-refractivity contribution is -0.991. The molecule has 0 aliphatic carbocycles. The highest BCUT2D eigenvalue weighted by atomic mass is 16.8. The van der Waals surface area contributed by atoms with Crippen molar-refractivity contribution in [1.29, 1.82) is 0 Å². The molecule has 0 aliphatic heterocycles. The van der Waals surface area contributed by atoms with E-state index in [9.17, 15) is 10.3 Å². The van der Waals surface area contributed by atoms with E-state index in [-0.39, 0.29) is 18.0 Å². The number of aryl methyl sites for hydroxylation is 1. The van der Waals surface area contributed by atoms with Crippen LogP contribution in [0.1, 0.15) is 11.3 Å². The fraction of sp³-hybridized carbons (Fsp3) is 0.0870. The van der Waals surface area contributed by atoms with Gasteiger partial charge < -0.3 is 19.6 Å². The minimum Gasteiger partial charge on any atom is -0.595 e. The van der Waals surface area contributed by atoms with Gasteiger partial charge in [-0.3, -0.25) is 0 Å². The second kappa shape index (κ2) is 8.38. The van der Waals surface area contributed by atoms with Crippen molar-refractivity contribution in [3.05, 3.63) is 89.3 Å². The Labute approximate surface area is 172 Å². The zero-order chi connectivity index (χ0) is 21.1. The van der Waals surface area contributed by atoms with Gasteiger partial charge in [-0.1, -0.05) is 35.5 Å². The molecule has 0 radical (unpaired) electrons. The third-order valence-electron chi connectivity index (χ3n) is 4.75. The number of rotatable bonds is 6. The van der Waals surface area contributed by atoms with Gasteiger partial charge in [-0.05, 0) is 42.3 Å². The molecule has 30 heavy (non-hydrogen) atoms. The fourth-order valence-electron chi connectivity index (χ4n) is 3.20. The topological polar surface area (TPSA) is 103 Å². The number of phenolic OH excluding ortho intramolecular Hbond substituents is 1. The summed E-state index contributed by atoms with van der Waals surface area (Å²) in [5.41, 5.74) is 4.08. The zero-order valence-corrected chi connectivity index (χ0v) is 16.2. The first-order valence-corrected chi connectivity index (χ1v) is 9.33. The van der Waals surface area contributed by atoms with Crippen LogP contribution in [0.15, 0.2) is 77.3 Å². The molecule has 7 heteroatoms. The average Bonchev–Trinajstić information content (AvgIpc) is 3.14. The minimum atomic E-state index is -0.972. The number of hydrogen-bond acceptors (Lipinski definition) is 6. The van der Waals surface area contributed by atoms with Gasteiger partial charge in [0.25, 0.3) is 0 Å². The Morgan fingerprint density at radius 2 is 1.77 bits per heavy atom. The summed E-state index contributed by atoms with van der Waals surface area (Å²) in [6.07, 6.45) is 0. The van der Waals surface area contributed by atoms with E-state index in [1.807, 2.05) is 37.3 Å². The Morgan fingerprint density at radius 3 is 2.43 bits per heavy atom. The van der Waals surface area contributed by atoms with Crippen LogP contribution in [0.25, 0.3) is 22.5 Å². The molecule has 4 rings (SSSR count). The maximum absolute atomic E-state index is 10.9. The molecule has 0 amide bonds. The highest BCUT2D eigenvalue weighted by Gasteiger charge is 2.19. The predicted octanol–water partition coefficient (Wildman–Crippen LogP) is 4.01. The lowest BCUT2D eigenvalue weighted by Gasteiger charge is -2.12. The Morgan fingerprint density at radius 1 is 1.03 bits per heavy atom. The quantitative estimate of drug-likeness (QED) is 0.420. The summed E-state index contributed by atoms with van der Waals surface area (Å²) in [5, 5.41) is 33.6. The summed E-state index contributed by atoms with van der Waals surface area (Å²) >= 11 is 0. The summed E-state index contributed by atoms with van der Waals surface area (Å²) in [7, 11) is 0. The number of aromatic nitrogens is 1. The van der Waals surface area contributed by atoms with Crippen LogP contribution in [0.5, 0.6) is 11.5 Å². The number of nitrogens with zero attached hydrogens (tertiary/aromatic N) is 1. The van der Waals surface area contributed by atoms with E-state index in [4.69, 9.17) is 14.5 Å². The SMILES string of the molecule is Cc1noc(-c2ccc(OCc3ccc([NH+]([O-])O)cc3)cc2O)c1-c1ccccc1. The maximum Gasteiger partial charge on any atom is 0.178 e. The third kappa shape index (κ3) is 4.04. The van der Waals surface area contributed by atoms with Crippen molar-refractivity contribution in [2.24, 2.45) is 0 Å². The number of benzene rings is 3. The van der Waals surface area contributed by atoms with Gasteiger partial charge in [-0.15, -0.1) is 0 Å². The number of quaternary nitrogens is 1. The van der Waals surface area contributed by atoms with E-state index in [1.54, 1.807) is 24.3 Å². The molecule has 0 spiro atoms. The first kappa shape index (κ1) is 19.7. The van der Waals surface area contributed by atoms with Crippen LogP contribution in [0.2, 0.25) is 0 Å². The molecule has 1 unspecified atom stereocenters. The summed E-state index contributed by atoms with van der Waals surface area (Å²) in [4.78, 5) is 0. The highest BCUT2D eigenvalue weighted by molar-refractivity contribution is 5.83. The van der Waals surface area contributed by atoms with Crippen molar-refractivity contribution >= 4 is 5.69 Å². The summed E-state index contributed by atoms with van der Waals surface area (Å²) in [6, 6.07) is 21.2. The second-order valence-electron chi connectivity index (χ2n) is 6.81. The molecule has 1 atom stereocenters. The zero-order valence-electron chi connectivity index (χ0n) is 16.2. The number of ether oxygens (including phenoxy) is 1. The van der Waals surface area contributed by atoms with Crippen LogP contribution >= 0.6 is 0 Å². The largest absolute Gasteiger partial charge is 0.595 e. The molecule has 3 N–H and O–H groups in total. The lowest BCUT2D eigenvalue weighted by atomic mass is 9.99. The Balaban J connectivity index is 1.55. The lowest BCUT2D eigenvalue weighted by Crippen LogP contribution is -2.99. The monoisotopic (exact) mass is 404 g/mol.